The SMILES string of the molecule is C=CCN(CC(=O)c1c(C)c(C(=O)OCC)n(CC)c1C)C(C)=O. The summed E-state index contributed by atoms with van der Waals surface area (Å²) in [6.07, 6.45) is 1.58. The van der Waals surface area contributed by atoms with Crippen molar-refractivity contribution in [1.82, 2.24) is 9.47 Å². The molecular weight excluding hydrogens is 308 g/mol. The topological polar surface area (TPSA) is 68.6 Å². The predicted molar refractivity (Wildman–Crippen MR) is 92.3 cm³/mol. The molecule has 0 atom stereocenters. The number of nitrogens with zero attached hydrogens (tertiary/aromatic N) is 2. The third kappa shape index (κ3) is 3.93. The van der Waals surface area contributed by atoms with Crippen molar-refractivity contribution < 1.29 is 19.1 Å². The molecule has 0 aliphatic carbocycles. The van der Waals surface area contributed by atoms with Gasteiger partial charge in [-0.1, -0.05) is 6.08 Å². The zero-order chi connectivity index (χ0) is 18.4. The van der Waals surface area contributed by atoms with E-state index in [2.05, 4.69) is 6.58 Å². The Hall–Kier alpha value is -2.37. The summed E-state index contributed by atoms with van der Waals surface area (Å²) in [6.45, 7) is 13.3. The monoisotopic (exact) mass is 334 g/mol. The fourth-order valence-corrected chi connectivity index (χ4v) is 2.88. The molecule has 0 spiro atoms. The molecule has 0 aromatic carbocycles. The fraction of sp³-hybridized carbons (Fsp3) is 0.500. The molecule has 1 aromatic heterocycles. The summed E-state index contributed by atoms with van der Waals surface area (Å²) in [4.78, 5) is 38.0. The van der Waals surface area contributed by atoms with Gasteiger partial charge in [0.2, 0.25) is 5.91 Å². The maximum Gasteiger partial charge on any atom is 0.355 e. The molecule has 0 unspecified atom stereocenters. The van der Waals surface area contributed by atoms with Crippen LogP contribution in [0, 0.1) is 13.8 Å². The van der Waals surface area contributed by atoms with Gasteiger partial charge in [0.05, 0.1) is 13.2 Å². The Morgan fingerprint density at radius 1 is 1.25 bits per heavy atom. The molecule has 1 heterocycles. The number of hydrogen-bond donors (Lipinski definition) is 0. The molecule has 0 N–H and O–H groups in total. The summed E-state index contributed by atoms with van der Waals surface area (Å²) in [5.41, 5.74) is 2.19. The Kier molecular flexibility index (Phi) is 6.95. The molecule has 0 saturated heterocycles. The normalized spacial score (nSPS) is 10.4. The molecule has 6 heteroatoms. The highest BCUT2D eigenvalue weighted by molar-refractivity contribution is 6.04. The minimum atomic E-state index is -0.437. The van der Waals surface area contributed by atoms with Crippen LogP contribution in [0.1, 0.15) is 52.9 Å². The summed E-state index contributed by atoms with van der Waals surface area (Å²) in [7, 11) is 0. The third-order valence-electron chi connectivity index (χ3n) is 3.96. The lowest BCUT2D eigenvalue weighted by Crippen LogP contribution is -2.34. The van der Waals surface area contributed by atoms with Crippen molar-refractivity contribution in [1.29, 1.82) is 0 Å². The number of aromatic nitrogens is 1. The third-order valence-corrected chi connectivity index (χ3v) is 3.96. The minimum Gasteiger partial charge on any atom is -0.461 e. The van der Waals surface area contributed by atoms with Crippen LogP contribution in [-0.2, 0) is 16.1 Å². The van der Waals surface area contributed by atoms with Crippen molar-refractivity contribution in [3.63, 3.8) is 0 Å². The number of ketones is 1. The van der Waals surface area contributed by atoms with Crippen LogP contribution in [0.2, 0.25) is 0 Å². The maximum absolute atomic E-state index is 12.7. The first-order chi connectivity index (χ1) is 11.3. The van der Waals surface area contributed by atoms with Gasteiger partial charge in [-0.25, -0.2) is 4.79 Å². The standard InChI is InChI=1S/C18H26N2O4/c1-7-10-19(14(6)21)11-15(22)16-12(4)17(18(23)24-9-3)20(8-2)13(16)5/h7H,1,8-11H2,2-6H3. The second kappa shape index (κ2) is 8.47. The molecule has 24 heavy (non-hydrogen) atoms. The van der Waals surface area contributed by atoms with Crippen molar-refractivity contribution in [2.75, 3.05) is 19.7 Å². The first-order valence-electron chi connectivity index (χ1n) is 8.06. The summed E-state index contributed by atoms with van der Waals surface area (Å²) in [5.74, 6) is -0.826. The first-order valence-corrected chi connectivity index (χ1v) is 8.06. The highest BCUT2D eigenvalue weighted by Crippen LogP contribution is 2.24. The molecule has 1 rings (SSSR count). The zero-order valence-electron chi connectivity index (χ0n) is 15.1. The lowest BCUT2D eigenvalue weighted by Gasteiger charge is -2.18. The lowest BCUT2D eigenvalue weighted by atomic mass is 10.1. The molecular formula is C18H26N2O4. The molecule has 1 amide bonds. The number of esters is 1. The molecule has 0 fully saturated rings. The highest BCUT2D eigenvalue weighted by Gasteiger charge is 2.27. The van der Waals surface area contributed by atoms with Gasteiger partial charge in [0.1, 0.15) is 5.69 Å². The van der Waals surface area contributed by atoms with Gasteiger partial charge in [0, 0.05) is 31.3 Å². The van der Waals surface area contributed by atoms with Gasteiger partial charge < -0.3 is 14.2 Å². The predicted octanol–water partition coefficient (Wildman–Crippen LogP) is 2.52. The molecule has 0 radical (unpaired) electrons. The lowest BCUT2D eigenvalue weighted by molar-refractivity contribution is -0.127. The van der Waals surface area contributed by atoms with Crippen molar-refractivity contribution >= 4 is 17.7 Å². The van der Waals surface area contributed by atoms with E-state index < -0.39 is 5.97 Å². The van der Waals surface area contributed by atoms with E-state index in [9.17, 15) is 14.4 Å². The van der Waals surface area contributed by atoms with E-state index in [0.717, 1.165) is 0 Å². The van der Waals surface area contributed by atoms with E-state index in [1.807, 2.05) is 6.92 Å². The quantitative estimate of drug-likeness (QED) is 0.416. The van der Waals surface area contributed by atoms with Crippen LogP contribution in [0.3, 0.4) is 0 Å². The fourth-order valence-electron chi connectivity index (χ4n) is 2.88. The molecule has 1 aromatic rings. The van der Waals surface area contributed by atoms with Crippen molar-refractivity contribution in [2.24, 2.45) is 0 Å². The van der Waals surface area contributed by atoms with Crippen LogP contribution >= 0.6 is 0 Å². The Labute approximate surface area is 143 Å². The number of carbonyl (C=O) groups excluding carboxylic acids is 3. The Morgan fingerprint density at radius 3 is 2.33 bits per heavy atom. The highest BCUT2D eigenvalue weighted by atomic mass is 16.5. The van der Waals surface area contributed by atoms with Gasteiger partial charge in [-0.2, -0.15) is 0 Å². The molecule has 132 valence electrons. The van der Waals surface area contributed by atoms with E-state index in [-0.39, 0.29) is 24.8 Å². The average Bonchev–Trinajstić information content (AvgIpc) is 2.77. The van der Waals surface area contributed by atoms with Crippen LogP contribution < -0.4 is 0 Å². The largest absolute Gasteiger partial charge is 0.461 e. The second-order valence-electron chi connectivity index (χ2n) is 5.51. The van der Waals surface area contributed by atoms with E-state index in [4.69, 9.17) is 4.74 Å². The second-order valence-corrected chi connectivity index (χ2v) is 5.51. The molecule has 0 aliphatic heterocycles. The van der Waals surface area contributed by atoms with Gasteiger partial charge in [-0.15, -0.1) is 6.58 Å². The molecule has 0 aliphatic rings. The van der Waals surface area contributed by atoms with E-state index in [1.165, 1.54) is 11.8 Å². The van der Waals surface area contributed by atoms with Crippen LogP contribution in [0.15, 0.2) is 12.7 Å². The van der Waals surface area contributed by atoms with E-state index in [0.29, 0.717) is 35.6 Å². The number of amides is 1. The smallest absolute Gasteiger partial charge is 0.355 e. The van der Waals surface area contributed by atoms with Gasteiger partial charge in [-0.3, -0.25) is 9.59 Å². The number of rotatable bonds is 8. The number of carbonyl (C=O) groups is 3. The minimum absolute atomic E-state index is 0.0426. The van der Waals surface area contributed by atoms with Crippen molar-refractivity contribution in [2.45, 2.75) is 41.2 Å². The number of ether oxygens (including phenoxy) is 1. The van der Waals surface area contributed by atoms with Gasteiger partial charge >= 0.3 is 5.97 Å². The van der Waals surface area contributed by atoms with Gasteiger partial charge in [0.15, 0.2) is 5.78 Å². The van der Waals surface area contributed by atoms with Crippen LogP contribution in [0.5, 0.6) is 0 Å². The summed E-state index contributed by atoms with van der Waals surface area (Å²) < 4.78 is 6.89. The number of Topliss-reactive ketones (excluding diaryl/α,β-unsaturated/α-hetero) is 1. The van der Waals surface area contributed by atoms with Crippen LogP contribution in [0.25, 0.3) is 0 Å². The van der Waals surface area contributed by atoms with Crippen LogP contribution in [0.4, 0.5) is 0 Å². The average molecular weight is 334 g/mol. The van der Waals surface area contributed by atoms with Gasteiger partial charge in [0.25, 0.3) is 0 Å². The first kappa shape index (κ1) is 19.7. The molecule has 0 saturated carbocycles. The Bertz CT molecular complexity index is 658. The van der Waals surface area contributed by atoms with Crippen molar-refractivity contribution in [3.8, 4) is 0 Å². The summed E-state index contributed by atoms with van der Waals surface area (Å²) in [5, 5.41) is 0. The molecule has 6 nitrogen and oxygen atoms in total. The van der Waals surface area contributed by atoms with Crippen molar-refractivity contribution in [3.05, 3.63) is 35.2 Å². The van der Waals surface area contributed by atoms with Gasteiger partial charge in [-0.05, 0) is 33.3 Å². The summed E-state index contributed by atoms with van der Waals surface area (Å²) in [6, 6.07) is 0. The summed E-state index contributed by atoms with van der Waals surface area (Å²) >= 11 is 0. The Morgan fingerprint density at radius 2 is 1.88 bits per heavy atom. The van der Waals surface area contributed by atoms with E-state index >= 15 is 0 Å². The number of hydrogen-bond acceptors (Lipinski definition) is 4. The van der Waals surface area contributed by atoms with Crippen LogP contribution in [-0.4, -0.2) is 46.8 Å². The maximum atomic E-state index is 12.7. The Balaban J connectivity index is 3.29. The van der Waals surface area contributed by atoms with E-state index in [1.54, 1.807) is 31.4 Å². The zero-order valence-corrected chi connectivity index (χ0v) is 15.1. The molecule has 0 bridgehead atoms.